The third-order valence-electron chi connectivity index (χ3n) is 3.31. The minimum atomic E-state index is -4.22. The van der Waals surface area contributed by atoms with Crippen LogP contribution in [0.3, 0.4) is 0 Å². The van der Waals surface area contributed by atoms with Crippen molar-refractivity contribution >= 4 is 11.8 Å². The molecule has 0 aliphatic heterocycles. The van der Waals surface area contributed by atoms with Crippen LogP contribution in [0.4, 0.5) is 13.2 Å². The lowest BCUT2D eigenvalue weighted by Gasteiger charge is -2.15. The van der Waals surface area contributed by atoms with Gasteiger partial charge < -0.3 is 4.74 Å². The van der Waals surface area contributed by atoms with Crippen LogP contribution in [0.5, 0.6) is 0 Å². The van der Waals surface area contributed by atoms with Gasteiger partial charge in [0.25, 0.3) is 0 Å². The van der Waals surface area contributed by atoms with Crippen LogP contribution in [0.2, 0.25) is 0 Å². The minimum absolute atomic E-state index is 0.0190. The van der Waals surface area contributed by atoms with E-state index in [4.69, 9.17) is 0 Å². The fourth-order valence-corrected chi connectivity index (χ4v) is 2.30. The van der Waals surface area contributed by atoms with Crippen LogP contribution in [0.25, 0.3) is 0 Å². The number of Topliss-reactive ketones (excluding diaryl/α,β-unsaturated/α-hetero) is 1. The van der Waals surface area contributed by atoms with Gasteiger partial charge in [0.05, 0.1) is 13.5 Å². The van der Waals surface area contributed by atoms with Gasteiger partial charge in [-0.1, -0.05) is 12.2 Å². The van der Waals surface area contributed by atoms with E-state index in [1.165, 1.54) is 13.2 Å². The van der Waals surface area contributed by atoms with Gasteiger partial charge in [-0.3, -0.25) is 9.59 Å². The number of hydrogen-bond donors (Lipinski definition) is 0. The maximum atomic E-state index is 11.9. The Balaban J connectivity index is 2.49. The monoisotopic (exact) mass is 278 g/mol. The maximum Gasteiger partial charge on any atom is 0.392 e. The van der Waals surface area contributed by atoms with E-state index in [-0.39, 0.29) is 36.4 Å². The Morgan fingerprint density at radius 1 is 1.42 bits per heavy atom. The summed E-state index contributed by atoms with van der Waals surface area (Å²) < 4.78 is 40.4. The summed E-state index contributed by atoms with van der Waals surface area (Å²) in [5.41, 5.74) is 0. The Kier molecular flexibility index (Phi) is 5.57. The summed E-state index contributed by atoms with van der Waals surface area (Å²) in [5.74, 6) is -0.839. The number of esters is 1. The number of ether oxygens (including phenoxy) is 1. The lowest BCUT2D eigenvalue weighted by Crippen LogP contribution is -2.18. The molecule has 0 spiro atoms. The molecular weight excluding hydrogens is 261 g/mol. The molecule has 108 valence electrons. The van der Waals surface area contributed by atoms with Crippen LogP contribution in [-0.2, 0) is 14.3 Å². The Hall–Kier alpha value is -1.33. The summed E-state index contributed by atoms with van der Waals surface area (Å²) in [6, 6.07) is 0. The zero-order valence-corrected chi connectivity index (χ0v) is 10.7. The van der Waals surface area contributed by atoms with E-state index in [2.05, 4.69) is 4.74 Å². The van der Waals surface area contributed by atoms with Crippen molar-refractivity contribution in [3.8, 4) is 0 Å². The fourth-order valence-electron chi connectivity index (χ4n) is 2.30. The number of methoxy groups -OCH3 is 1. The molecule has 1 fully saturated rings. The summed E-state index contributed by atoms with van der Waals surface area (Å²) in [4.78, 5) is 22.8. The molecule has 1 saturated carbocycles. The zero-order valence-electron chi connectivity index (χ0n) is 10.7. The molecule has 6 heteroatoms. The summed E-state index contributed by atoms with van der Waals surface area (Å²) in [6.07, 6.45) is -1.40. The predicted octanol–water partition coefficient (Wildman–Crippen LogP) is 3.04. The van der Waals surface area contributed by atoms with Crippen LogP contribution < -0.4 is 0 Å². The van der Waals surface area contributed by atoms with E-state index in [0.717, 1.165) is 6.08 Å². The van der Waals surface area contributed by atoms with E-state index in [1.54, 1.807) is 0 Å². The van der Waals surface area contributed by atoms with Gasteiger partial charge in [0.15, 0.2) is 0 Å². The molecule has 0 heterocycles. The molecule has 19 heavy (non-hydrogen) atoms. The second-order valence-corrected chi connectivity index (χ2v) is 4.68. The summed E-state index contributed by atoms with van der Waals surface area (Å²) in [5, 5.41) is 0. The molecule has 0 aromatic carbocycles. The predicted molar refractivity (Wildman–Crippen MR) is 62.3 cm³/mol. The number of carbonyl (C=O) groups is 2. The number of ketones is 1. The molecule has 3 nitrogen and oxygen atoms in total. The molecule has 1 aliphatic carbocycles. The number of allylic oxidation sites excluding steroid dienone is 2. The topological polar surface area (TPSA) is 43.4 Å². The van der Waals surface area contributed by atoms with Crippen molar-refractivity contribution in [2.45, 2.75) is 38.3 Å². The fraction of sp³-hybridized carbons (Fsp3) is 0.692. The first-order valence-electron chi connectivity index (χ1n) is 6.14. The van der Waals surface area contributed by atoms with Gasteiger partial charge in [0, 0.05) is 18.8 Å². The Bertz CT molecular complexity index is 361. The molecule has 0 aromatic rings. The van der Waals surface area contributed by atoms with Gasteiger partial charge in [-0.25, -0.2) is 0 Å². The Morgan fingerprint density at radius 2 is 2.11 bits per heavy atom. The molecule has 0 aromatic heterocycles. The van der Waals surface area contributed by atoms with Crippen LogP contribution in [-0.4, -0.2) is 25.0 Å². The highest BCUT2D eigenvalue weighted by Gasteiger charge is 2.35. The van der Waals surface area contributed by atoms with Gasteiger partial charge in [-0.05, 0) is 18.8 Å². The van der Waals surface area contributed by atoms with Crippen LogP contribution in [0, 0.1) is 11.8 Å². The van der Waals surface area contributed by atoms with Crippen LogP contribution >= 0.6 is 0 Å². The quantitative estimate of drug-likeness (QED) is 0.573. The third-order valence-corrected chi connectivity index (χ3v) is 3.31. The molecular formula is C13H17F3O3. The molecule has 2 atom stereocenters. The van der Waals surface area contributed by atoms with Crippen molar-refractivity contribution in [3.05, 3.63) is 12.2 Å². The third kappa shape index (κ3) is 5.44. The first-order chi connectivity index (χ1) is 8.83. The number of alkyl halides is 3. The molecule has 0 bridgehead atoms. The summed E-state index contributed by atoms with van der Waals surface area (Å²) >= 11 is 0. The molecule has 0 radical (unpaired) electrons. The first-order valence-corrected chi connectivity index (χ1v) is 6.14. The van der Waals surface area contributed by atoms with E-state index in [1.807, 2.05) is 0 Å². The van der Waals surface area contributed by atoms with Gasteiger partial charge in [-0.15, -0.1) is 0 Å². The highest BCUT2D eigenvalue weighted by atomic mass is 19.4. The van der Waals surface area contributed by atoms with Gasteiger partial charge in [0.2, 0.25) is 0 Å². The number of carbonyl (C=O) groups excluding carboxylic acids is 2. The zero-order chi connectivity index (χ0) is 14.5. The number of rotatable bonds is 5. The van der Waals surface area contributed by atoms with Crippen molar-refractivity contribution in [3.63, 3.8) is 0 Å². The second kappa shape index (κ2) is 6.73. The molecule has 0 saturated heterocycles. The molecule has 1 rings (SSSR count). The van der Waals surface area contributed by atoms with Gasteiger partial charge in [0.1, 0.15) is 5.78 Å². The molecule has 0 amide bonds. The lowest BCUT2D eigenvalue weighted by atomic mass is 9.89. The van der Waals surface area contributed by atoms with Crippen LogP contribution in [0.1, 0.15) is 32.1 Å². The van der Waals surface area contributed by atoms with E-state index in [0.29, 0.717) is 12.8 Å². The lowest BCUT2D eigenvalue weighted by molar-refractivity contribution is -0.142. The molecule has 0 unspecified atom stereocenters. The standard InChI is InChI=1S/C13H17F3O3/c1-19-12(18)8-9-5-6-11(17)10(9)4-2-3-7-13(14,15)16/h2-3,9-10H,4-8H2,1H3/b3-2-/t9-,10-/m1/s1. The minimum Gasteiger partial charge on any atom is -0.469 e. The Labute approximate surface area is 109 Å². The van der Waals surface area contributed by atoms with Crippen molar-refractivity contribution < 1.29 is 27.5 Å². The molecule has 1 aliphatic rings. The highest BCUT2D eigenvalue weighted by molar-refractivity contribution is 5.84. The SMILES string of the molecule is COC(=O)C[C@H]1CCC(=O)[C@@H]1C/C=C\CC(F)(F)F. The van der Waals surface area contributed by atoms with Gasteiger partial charge in [-0.2, -0.15) is 13.2 Å². The number of hydrogen-bond acceptors (Lipinski definition) is 3. The summed E-state index contributed by atoms with van der Waals surface area (Å²) in [7, 11) is 1.28. The van der Waals surface area contributed by atoms with Gasteiger partial charge >= 0.3 is 12.1 Å². The van der Waals surface area contributed by atoms with E-state index < -0.39 is 12.6 Å². The smallest absolute Gasteiger partial charge is 0.392 e. The highest BCUT2D eigenvalue weighted by Crippen LogP contribution is 2.34. The summed E-state index contributed by atoms with van der Waals surface area (Å²) in [6.45, 7) is 0. The van der Waals surface area contributed by atoms with Crippen LogP contribution in [0.15, 0.2) is 12.2 Å². The number of halogens is 3. The second-order valence-electron chi connectivity index (χ2n) is 4.68. The van der Waals surface area contributed by atoms with Crippen molar-refractivity contribution in [1.29, 1.82) is 0 Å². The normalized spacial score (nSPS) is 24.1. The Morgan fingerprint density at radius 3 is 2.68 bits per heavy atom. The van der Waals surface area contributed by atoms with Crippen molar-refractivity contribution in [2.75, 3.05) is 7.11 Å². The van der Waals surface area contributed by atoms with E-state index >= 15 is 0 Å². The molecule has 0 N–H and O–H groups in total. The van der Waals surface area contributed by atoms with Crippen molar-refractivity contribution in [1.82, 2.24) is 0 Å². The van der Waals surface area contributed by atoms with Crippen molar-refractivity contribution in [2.24, 2.45) is 11.8 Å². The van der Waals surface area contributed by atoms with E-state index in [9.17, 15) is 22.8 Å². The first kappa shape index (κ1) is 15.7. The maximum absolute atomic E-state index is 11.9. The average Bonchev–Trinajstić information content (AvgIpc) is 2.65. The average molecular weight is 278 g/mol. The largest absolute Gasteiger partial charge is 0.469 e.